The Bertz CT molecular complexity index is 704. The van der Waals surface area contributed by atoms with Crippen LogP contribution in [0.3, 0.4) is 0 Å². The molecule has 0 aliphatic carbocycles. The highest BCUT2D eigenvalue weighted by Gasteiger charge is 2.12. The van der Waals surface area contributed by atoms with Crippen molar-refractivity contribution in [3.8, 4) is 5.75 Å². The van der Waals surface area contributed by atoms with Crippen LogP contribution in [0.25, 0.3) is 0 Å². The molecule has 2 aromatic carbocycles. The van der Waals surface area contributed by atoms with Gasteiger partial charge in [-0.25, -0.2) is 4.39 Å². The highest BCUT2D eigenvalue weighted by atomic mass is 35.5. The number of carbonyl (C=O) groups excluding carboxylic acids is 1. The number of ether oxygens (including phenoxy) is 1. The first-order valence-electron chi connectivity index (χ1n) is 6.13. The van der Waals surface area contributed by atoms with Crippen molar-refractivity contribution in [3.63, 3.8) is 0 Å². The van der Waals surface area contributed by atoms with Gasteiger partial charge in [-0.3, -0.25) is 4.79 Å². The summed E-state index contributed by atoms with van der Waals surface area (Å²) >= 11 is 5.94. The van der Waals surface area contributed by atoms with Gasteiger partial charge in [0.1, 0.15) is 0 Å². The number of carbonyl (C=O) groups is 1. The molecule has 1 amide bonds. The summed E-state index contributed by atoms with van der Waals surface area (Å²) in [5.74, 6) is -0.910. The zero-order chi connectivity index (χ0) is 15.6. The molecule has 3 N–H and O–H groups in total. The van der Waals surface area contributed by atoms with Crippen LogP contribution in [0.4, 0.5) is 15.8 Å². The highest BCUT2D eigenvalue weighted by Crippen LogP contribution is 2.27. The van der Waals surface area contributed by atoms with E-state index in [9.17, 15) is 9.18 Å². The largest absolute Gasteiger partial charge is 0.494 e. The Labute approximate surface area is 126 Å². The van der Waals surface area contributed by atoms with E-state index in [4.69, 9.17) is 22.1 Å². The number of amides is 1. The Morgan fingerprint density at radius 1 is 1.33 bits per heavy atom. The number of hydrogen-bond acceptors (Lipinski definition) is 3. The molecule has 4 nitrogen and oxygen atoms in total. The summed E-state index contributed by atoms with van der Waals surface area (Å²) in [5.41, 5.74) is 7.72. The second-order valence-corrected chi connectivity index (χ2v) is 4.90. The third kappa shape index (κ3) is 3.25. The van der Waals surface area contributed by atoms with Crippen molar-refractivity contribution in [1.29, 1.82) is 0 Å². The van der Waals surface area contributed by atoms with Crippen LogP contribution in [-0.4, -0.2) is 13.0 Å². The minimum absolute atomic E-state index is 0.00899. The summed E-state index contributed by atoms with van der Waals surface area (Å²) in [6.45, 7) is 1.80. The molecule has 2 rings (SSSR count). The number of nitrogens with two attached hydrogens (primary N) is 1. The van der Waals surface area contributed by atoms with E-state index in [0.29, 0.717) is 16.4 Å². The third-order valence-corrected chi connectivity index (χ3v) is 3.33. The molecular weight excluding hydrogens is 295 g/mol. The Morgan fingerprint density at radius 3 is 2.71 bits per heavy atom. The predicted octanol–water partition coefficient (Wildman–Crippen LogP) is 3.63. The maximum absolute atomic E-state index is 13.3. The van der Waals surface area contributed by atoms with Crippen molar-refractivity contribution in [3.05, 3.63) is 52.3 Å². The second-order valence-electron chi connectivity index (χ2n) is 4.49. The standard InChI is InChI=1S/C15H14ClFN2O2/c1-8-5-12(18)10(16)7-13(8)19-15(20)9-3-4-11(17)14(6-9)21-2/h3-7H,18H2,1-2H3,(H,19,20). The molecule has 0 fully saturated rings. The Hall–Kier alpha value is -2.27. The van der Waals surface area contributed by atoms with Crippen molar-refractivity contribution in [2.45, 2.75) is 6.92 Å². The molecule has 2 aromatic rings. The summed E-state index contributed by atoms with van der Waals surface area (Å²) in [7, 11) is 1.34. The van der Waals surface area contributed by atoms with Gasteiger partial charge in [0.05, 0.1) is 17.8 Å². The van der Waals surface area contributed by atoms with E-state index in [0.717, 1.165) is 5.56 Å². The van der Waals surface area contributed by atoms with Crippen molar-refractivity contribution in [2.75, 3.05) is 18.2 Å². The van der Waals surface area contributed by atoms with Gasteiger partial charge in [0, 0.05) is 11.3 Å². The molecule has 0 bridgehead atoms. The summed E-state index contributed by atoms with van der Waals surface area (Å²) in [6.07, 6.45) is 0. The van der Waals surface area contributed by atoms with E-state index in [2.05, 4.69) is 5.32 Å². The number of rotatable bonds is 3. The van der Waals surface area contributed by atoms with E-state index in [1.165, 1.54) is 25.3 Å². The lowest BCUT2D eigenvalue weighted by molar-refractivity contribution is 0.102. The zero-order valence-electron chi connectivity index (χ0n) is 11.5. The molecule has 0 aromatic heterocycles. The number of aryl methyl sites for hydroxylation is 1. The SMILES string of the molecule is COc1cc(C(=O)Nc2cc(Cl)c(N)cc2C)ccc1F. The zero-order valence-corrected chi connectivity index (χ0v) is 12.3. The van der Waals surface area contributed by atoms with E-state index in [1.807, 2.05) is 0 Å². The van der Waals surface area contributed by atoms with Gasteiger partial charge in [-0.1, -0.05) is 11.6 Å². The molecular formula is C15H14ClFN2O2. The fourth-order valence-electron chi connectivity index (χ4n) is 1.83. The lowest BCUT2D eigenvalue weighted by Crippen LogP contribution is -2.13. The summed E-state index contributed by atoms with van der Waals surface area (Å²) in [5, 5.41) is 3.06. The number of anilines is 2. The van der Waals surface area contributed by atoms with Gasteiger partial charge in [0.2, 0.25) is 0 Å². The summed E-state index contributed by atoms with van der Waals surface area (Å²) in [4.78, 5) is 12.2. The van der Waals surface area contributed by atoms with Crippen molar-refractivity contribution < 1.29 is 13.9 Å². The van der Waals surface area contributed by atoms with Gasteiger partial charge >= 0.3 is 0 Å². The molecule has 110 valence electrons. The molecule has 0 saturated carbocycles. The molecule has 0 unspecified atom stereocenters. The third-order valence-electron chi connectivity index (χ3n) is 3.01. The molecule has 6 heteroatoms. The maximum atomic E-state index is 13.3. The van der Waals surface area contributed by atoms with Gasteiger partial charge in [0.25, 0.3) is 5.91 Å². The smallest absolute Gasteiger partial charge is 0.255 e. The van der Waals surface area contributed by atoms with Crippen LogP contribution in [0, 0.1) is 12.7 Å². The topological polar surface area (TPSA) is 64.3 Å². The van der Waals surface area contributed by atoms with E-state index >= 15 is 0 Å². The predicted molar refractivity (Wildman–Crippen MR) is 81.5 cm³/mol. The summed E-state index contributed by atoms with van der Waals surface area (Å²) < 4.78 is 18.2. The van der Waals surface area contributed by atoms with Crippen LogP contribution in [0.15, 0.2) is 30.3 Å². The van der Waals surface area contributed by atoms with E-state index < -0.39 is 11.7 Å². The Kier molecular flexibility index (Phi) is 4.33. The minimum Gasteiger partial charge on any atom is -0.494 e. The van der Waals surface area contributed by atoms with E-state index in [1.54, 1.807) is 19.1 Å². The molecule has 21 heavy (non-hydrogen) atoms. The molecule has 0 spiro atoms. The quantitative estimate of drug-likeness (QED) is 0.851. The molecule has 0 saturated heterocycles. The fraction of sp³-hybridized carbons (Fsp3) is 0.133. The average Bonchev–Trinajstić information content (AvgIpc) is 2.45. The van der Waals surface area contributed by atoms with Crippen LogP contribution in [-0.2, 0) is 0 Å². The highest BCUT2D eigenvalue weighted by molar-refractivity contribution is 6.33. The summed E-state index contributed by atoms with van der Waals surface area (Å²) in [6, 6.07) is 7.13. The first-order chi connectivity index (χ1) is 9.92. The lowest BCUT2D eigenvalue weighted by atomic mass is 10.1. The minimum atomic E-state index is -0.527. The molecule has 0 radical (unpaired) electrons. The van der Waals surface area contributed by atoms with Crippen LogP contribution in [0.2, 0.25) is 5.02 Å². The number of halogens is 2. The first kappa shape index (κ1) is 15.1. The maximum Gasteiger partial charge on any atom is 0.255 e. The van der Waals surface area contributed by atoms with E-state index in [-0.39, 0.29) is 11.3 Å². The normalized spacial score (nSPS) is 10.3. The van der Waals surface area contributed by atoms with Gasteiger partial charge in [-0.15, -0.1) is 0 Å². The fourth-order valence-corrected chi connectivity index (χ4v) is 2.00. The van der Waals surface area contributed by atoms with Crippen LogP contribution < -0.4 is 15.8 Å². The molecule has 0 aliphatic rings. The van der Waals surface area contributed by atoms with Gasteiger partial charge < -0.3 is 15.8 Å². The lowest BCUT2D eigenvalue weighted by Gasteiger charge is -2.11. The number of benzene rings is 2. The average molecular weight is 309 g/mol. The number of nitrogens with one attached hydrogen (secondary N) is 1. The molecule has 0 heterocycles. The van der Waals surface area contributed by atoms with Crippen molar-refractivity contribution in [2.24, 2.45) is 0 Å². The van der Waals surface area contributed by atoms with Gasteiger partial charge in [-0.2, -0.15) is 0 Å². The first-order valence-corrected chi connectivity index (χ1v) is 6.50. The Morgan fingerprint density at radius 2 is 2.05 bits per heavy atom. The van der Waals surface area contributed by atoms with Crippen LogP contribution >= 0.6 is 11.6 Å². The number of methoxy groups -OCH3 is 1. The van der Waals surface area contributed by atoms with Gasteiger partial charge in [-0.05, 0) is 42.8 Å². The van der Waals surface area contributed by atoms with Gasteiger partial charge in [0.15, 0.2) is 11.6 Å². The van der Waals surface area contributed by atoms with Crippen molar-refractivity contribution >= 4 is 28.9 Å². The van der Waals surface area contributed by atoms with Crippen LogP contribution in [0.5, 0.6) is 5.75 Å². The number of nitrogen functional groups attached to an aromatic ring is 1. The Balaban J connectivity index is 2.28. The number of hydrogen-bond donors (Lipinski definition) is 2. The van der Waals surface area contributed by atoms with Crippen LogP contribution in [0.1, 0.15) is 15.9 Å². The monoisotopic (exact) mass is 308 g/mol. The molecule has 0 atom stereocenters. The molecule has 0 aliphatic heterocycles. The second kappa shape index (κ2) is 6.01. The van der Waals surface area contributed by atoms with Crippen molar-refractivity contribution in [1.82, 2.24) is 0 Å².